The molecule has 0 atom stereocenters. The smallest absolute Gasteiger partial charge is 0.196 e. The number of hydrogen-bond donors (Lipinski definition) is 1. The van der Waals surface area contributed by atoms with E-state index in [0.717, 1.165) is 31.2 Å². The van der Waals surface area contributed by atoms with Crippen molar-refractivity contribution in [3.8, 4) is 10.6 Å². The van der Waals surface area contributed by atoms with Gasteiger partial charge in [-0.1, -0.05) is 6.92 Å². The molecule has 3 heterocycles. The van der Waals surface area contributed by atoms with E-state index >= 15 is 0 Å². The van der Waals surface area contributed by atoms with E-state index in [1.165, 1.54) is 14.3 Å². The quantitative estimate of drug-likeness (QED) is 0.722. The average Bonchev–Trinajstić information content (AvgIpc) is 3.02. The van der Waals surface area contributed by atoms with Crippen LogP contribution in [0.5, 0.6) is 0 Å². The summed E-state index contributed by atoms with van der Waals surface area (Å²) in [5.74, 6) is 1.69. The molecule has 0 saturated carbocycles. The van der Waals surface area contributed by atoms with Crippen molar-refractivity contribution >= 4 is 32.1 Å². The Morgan fingerprint density at radius 2 is 2.33 bits per heavy atom. The molecule has 0 amide bonds. The number of thiophene rings is 2. The second-order valence-electron chi connectivity index (χ2n) is 3.98. The molecule has 0 aliphatic carbocycles. The summed E-state index contributed by atoms with van der Waals surface area (Å²) in [6, 6.07) is 4.33. The van der Waals surface area contributed by atoms with Crippen molar-refractivity contribution in [1.29, 1.82) is 0 Å². The summed E-state index contributed by atoms with van der Waals surface area (Å²) >= 11 is 3.52. The van der Waals surface area contributed by atoms with Crippen molar-refractivity contribution in [3.05, 3.63) is 29.6 Å². The number of aromatic nitrogens is 1. The van der Waals surface area contributed by atoms with Crippen molar-refractivity contribution in [3.63, 3.8) is 0 Å². The predicted molar refractivity (Wildman–Crippen MR) is 77.4 cm³/mol. The van der Waals surface area contributed by atoms with E-state index in [2.05, 4.69) is 34.7 Å². The Morgan fingerprint density at radius 3 is 3.17 bits per heavy atom. The fourth-order valence-electron chi connectivity index (χ4n) is 1.80. The molecule has 0 aliphatic heterocycles. The van der Waals surface area contributed by atoms with Crippen LogP contribution >= 0.6 is 22.7 Å². The number of fused-ring (bicyclic) bond motifs is 1. The Kier molecular flexibility index (Phi) is 3.45. The van der Waals surface area contributed by atoms with Gasteiger partial charge in [0.2, 0.25) is 0 Å². The molecule has 0 fully saturated rings. The van der Waals surface area contributed by atoms with Crippen LogP contribution < -0.4 is 5.32 Å². The number of nitrogens with zero attached hydrogens (tertiary/aromatic N) is 1. The van der Waals surface area contributed by atoms with Crippen LogP contribution in [0.4, 0.5) is 0 Å². The normalized spacial score (nSPS) is 11.4. The summed E-state index contributed by atoms with van der Waals surface area (Å²) in [6.07, 6.45) is 2.67. The topological polar surface area (TPSA) is 38.1 Å². The molecule has 0 radical (unpaired) electrons. The highest BCUT2D eigenvalue weighted by Gasteiger charge is 2.10. The van der Waals surface area contributed by atoms with E-state index in [-0.39, 0.29) is 0 Å². The minimum Gasteiger partial charge on any atom is -0.440 e. The SMILES string of the molecule is CCNCCc1ncc(-c2cc3sccc3s2)o1. The summed E-state index contributed by atoms with van der Waals surface area (Å²) < 4.78 is 8.42. The van der Waals surface area contributed by atoms with E-state index < -0.39 is 0 Å². The Hall–Kier alpha value is -1.17. The van der Waals surface area contributed by atoms with Crippen LogP contribution in [0.3, 0.4) is 0 Å². The predicted octanol–water partition coefficient (Wildman–Crippen LogP) is 3.77. The second-order valence-corrected chi connectivity index (χ2v) is 6.01. The zero-order valence-electron chi connectivity index (χ0n) is 10.1. The largest absolute Gasteiger partial charge is 0.440 e. The van der Waals surface area contributed by atoms with Crippen LogP contribution in [0.1, 0.15) is 12.8 Å². The molecule has 3 aromatic heterocycles. The summed E-state index contributed by atoms with van der Waals surface area (Å²) in [7, 11) is 0. The van der Waals surface area contributed by atoms with Crippen molar-refractivity contribution in [1.82, 2.24) is 10.3 Å². The summed E-state index contributed by atoms with van der Waals surface area (Å²) in [6.45, 7) is 3.99. The molecule has 0 unspecified atom stereocenters. The van der Waals surface area contributed by atoms with Gasteiger partial charge in [0.05, 0.1) is 11.1 Å². The lowest BCUT2D eigenvalue weighted by atomic mass is 10.4. The first kappa shape index (κ1) is 11.9. The standard InChI is InChI=1S/C13H14N2OS2/c1-2-14-5-3-13-15-8-9(16-13)11-7-12-10(18-11)4-6-17-12/h4,6-8,14H,2-3,5H2,1H3. The van der Waals surface area contributed by atoms with Gasteiger partial charge >= 0.3 is 0 Å². The van der Waals surface area contributed by atoms with Crippen LogP contribution in [0.25, 0.3) is 20.0 Å². The molecule has 94 valence electrons. The van der Waals surface area contributed by atoms with Gasteiger partial charge < -0.3 is 9.73 Å². The van der Waals surface area contributed by atoms with E-state index in [9.17, 15) is 0 Å². The molecule has 0 saturated heterocycles. The maximum atomic E-state index is 5.78. The van der Waals surface area contributed by atoms with E-state index in [4.69, 9.17) is 4.42 Å². The molecular formula is C13H14N2OS2. The molecule has 1 N–H and O–H groups in total. The van der Waals surface area contributed by atoms with Crippen molar-refractivity contribution < 1.29 is 4.42 Å². The van der Waals surface area contributed by atoms with Gasteiger partial charge in [0.1, 0.15) is 0 Å². The van der Waals surface area contributed by atoms with Gasteiger partial charge in [-0.2, -0.15) is 0 Å². The number of nitrogens with one attached hydrogen (secondary N) is 1. The molecule has 0 aliphatic rings. The zero-order valence-corrected chi connectivity index (χ0v) is 11.7. The van der Waals surface area contributed by atoms with Gasteiger partial charge in [0.25, 0.3) is 0 Å². The lowest BCUT2D eigenvalue weighted by Crippen LogP contribution is -2.16. The van der Waals surface area contributed by atoms with Gasteiger partial charge in [-0.15, -0.1) is 22.7 Å². The van der Waals surface area contributed by atoms with Crippen LogP contribution in [0.2, 0.25) is 0 Å². The third kappa shape index (κ3) is 2.34. The first-order chi connectivity index (χ1) is 8.86. The molecule has 0 bridgehead atoms. The van der Waals surface area contributed by atoms with Gasteiger partial charge in [-0.3, -0.25) is 0 Å². The number of rotatable bonds is 5. The van der Waals surface area contributed by atoms with Crippen molar-refractivity contribution in [2.24, 2.45) is 0 Å². The number of hydrogen-bond acceptors (Lipinski definition) is 5. The molecular weight excluding hydrogens is 264 g/mol. The first-order valence-corrected chi connectivity index (χ1v) is 7.69. The molecule has 0 aromatic carbocycles. The van der Waals surface area contributed by atoms with Crippen molar-refractivity contribution in [2.75, 3.05) is 13.1 Å². The fraction of sp³-hybridized carbons (Fsp3) is 0.308. The minimum atomic E-state index is 0.808. The highest BCUT2D eigenvalue weighted by molar-refractivity contribution is 7.28. The Labute approximate surface area is 113 Å². The fourth-order valence-corrected chi connectivity index (χ4v) is 3.85. The second kappa shape index (κ2) is 5.22. The maximum Gasteiger partial charge on any atom is 0.196 e. The number of oxazole rings is 1. The summed E-state index contributed by atoms with van der Waals surface area (Å²) in [5.41, 5.74) is 0. The molecule has 3 aromatic rings. The van der Waals surface area contributed by atoms with Gasteiger partial charge in [0, 0.05) is 22.4 Å². The minimum absolute atomic E-state index is 0.808. The number of likely N-dealkylation sites (N-methyl/N-ethyl adjacent to an activating group) is 1. The van der Waals surface area contributed by atoms with E-state index in [1.54, 1.807) is 22.7 Å². The molecule has 3 rings (SSSR count). The van der Waals surface area contributed by atoms with Gasteiger partial charge in [0.15, 0.2) is 11.7 Å². The monoisotopic (exact) mass is 278 g/mol. The lowest BCUT2D eigenvalue weighted by molar-refractivity contribution is 0.498. The molecule has 0 spiro atoms. The van der Waals surface area contributed by atoms with Crippen LogP contribution in [0, 0.1) is 0 Å². The lowest BCUT2D eigenvalue weighted by Gasteiger charge is -1.96. The Bertz CT molecular complexity index is 610. The van der Waals surface area contributed by atoms with Gasteiger partial charge in [-0.05, 0) is 24.1 Å². The highest BCUT2D eigenvalue weighted by atomic mass is 32.1. The average molecular weight is 278 g/mol. The molecule has 5 heteroatoms. The first-order valence-electron chi connectivity index (χ1n) is 5.99. The van der Waals surface area contributed by atoms with E-state index in [0.29, 0.717) is 0 Å². The summed E-state index contributed by atoms with van der Waals surface area (Å²) in [5, 5.41) is 5.39. The highest BCUT2D eigenvalue weighted by Crippen LogP contribution is 2.36. The Balaban J connectivity index is 1.78. The third-order valence-electron chi connectivity index (χ3n) is 2.70. The van der Waals surface area contributed by atoms with Crippen LogP contribution in [0.15, 0.2) is 28.1 Å². The molecule has 18 heavy (non-hydrogen) atoms. The van der Waals surface area contributed by atoms with Gasteiger partial charge in [-0.25, -0.2) is 4.98 Å². The third-order valence-corrected chi connectivity index (χ3v) is 4.81. The van der Waals surface area contributed by atoms with Crippen molar-refractivity contribution in [2.45, 2.75) is 13.3 Å². The summed E-state index contributed by atoms with van der Waals surface area (Å²) in [4.78, 5) is 5.49. The Morgan fingerprint density at radius 1 is 1.39 bits per heavy atom. The molecule has 3 nitrogen and oxygen atoms in total. The van der Waals surface area contributed by atoms with E-state index in [1.807, 2.05) is 6.20 Å². The van der Waals surface area contributed by atoms with Crippen LogP contribution in [-0.4, -0.2) is 18.1 Å². The van der Waals surface area contributed by atoms with Crippen LogP contribution in [-0.2, 0) is 6.42 Å². The maximum absolute atomic E-state index is 5.78. The zero-order chi connectivity index (χ0) is 12.4.